The molecule has 7 heterocycles. The number of fused-ring (bicyclic) bond motifs is 14. The Morgan fingerprint density at radius 1 is 0.440 bits per heavy atom. The molecule has 7 aromatic carbocycles. The van der Waals surface area contributed by atoms with Crippen LogP contribution in [0, 0.1) is 0 Å². The van der Waals surface area contributed by atoms with E-state index in [-0.39, 0.29) is 13.4 Å². The van der Waals surface area contributed by atoms with Crippen molar-refractivity contribution in [1.82, 2.24) is 0 Å². The molecule has 0 saturated carbocycles. The van der Waals surface area contributed by atoms with Gasteiger partial charge in [-0.2, -0.15) is 0 Å². The highest BCUT2D eigenvalue weighted by Crippen LogP contribution is 2.59. The van der Waals surface area contributed by atoms with Crippen molar-refractivity contribution >= 4 is 119 Å². The van der Waals surface area contributed by atoms with E-state index in [0.29, 0.717) is 0 Å². The number of benzene rings is 7. The maximum atomic E-state index is 6.84. The minimum Gasteiger partial charge on any atom is -0.458 e. The molecule has 5 aliphatic rings. The zero-order valence-corrected chi connectivity index (χ0v) is 26.9. The highest BCUT2D eigenvalue weighted by Gasteiger charge is 2.53. The van der Waals surface area contributed by atoms with Crippen LogP contribution in [-0.2, 0) is 0 Å². The van der Waals surface area contributed by atoms with Gasteiger partial charge in [0, 0.05) is 33.3 Å². The Kier molecular flexibility index (Phi) is 4.13. The molecule has 0 radical (unpaired) electrons. The molecule has 0 aliphatic carbocycles. The number of ether oxygens (including phenoxy) is 2. The van der Waals surface area contributed by atoms with Gasteiger partial charge < -0.3 is 23.2 Å². The van der Waals surface area contributed by atoms with E-state index >= 15 is 0 Å². The lowest BCUT2D eigenvalue weighted by molar-refractivity contribution is 0.465. The summed E-state index contributed by atoms with van der Waals surface area (Å²) in [6.45, 7) is -0.0653. The minimum absolute atomic E-state index is 0.0326. The van der Waals surface area contributed by atoms with Crippen molar-refractivity contribution in [2.45, 2.75) is 9.79 Å². The Labute approximate surface area is 289 Å². The largest absolute Gasteiger partial charge is 0.458 e. The topological polar surface area (TPSA) is 48.0 Å². The van der Waals surface area contributed by atoms with Gasteiger partial charge in [0.25, 0.3) is 13.4 Å². The predicted octanol–water partition coefficient (Wildman–Crippen LogP) is 7.29. The molecule has 0 unspecified atom stereocenters. The summed E-state index contributed by atoms with van der Waals surface area (Å²) in [6.07, 6.45) is 0. The summed E-state index contributed by atoms with van der Waals surface area (Å²) in [4.78, 5) is 4.75. The van der Waals surface area contributed by atoms with Crippen LogP contribution in [0.3, 0.4) is 0 Å². The summed E-state index contributed by atoms with van der Waals surface area (Å²) in [7, 11) is 0. The second-order valence-corrected chi connectivity index (χ2v) is 14.9. The number of rotatable bonds is 0. The smallest absolute Gasteiger partial charge is 0.256 e. The number of furan rings is 2. The van der Waals surface area contributed by atoms with Crippen molar-refractivity contribution in [2.24, 2.45) is 0 Å². The molecule has 5 aliphatic heterocycles. The average molecular weight is 655 g/mol. The molecule has 0 atom stereocenters. The van der Waals surface area contributed by atoms with Gasteiger partial charge in [-0.25, -0.2) is 0 Å². The van der Waals surface area contributed by atoms with E-state index < -0.39 is 0 Å². The third-order valence-corrected chi connectivity index (χ3v) is 12.7. The van der Waals surface area contributed by atoms with E-state index in [2.05, 4.69) is 120 Å². The Morgan fingerprint density at radius 3 is 1.46 bits per heavy atom. The second kappa shape index (κ2) is 8.24. The van der Waals surface area contributed by atoms with Crippen LogP contribution in [0.15, 0.2) is 134 Å². The van der Waals surface area contributed by atoms with Crippen LogP contribution in [0.4, 0.5) is 17.1 Å². The van der Waals surface area contributed by atoms with Gasteiger partial charge in [-0.3, -0.25) is 0 Å². The van der Waals surface area contributed by atoms with Gasteiger partial charge in [0.2, 0.25) is 0 Å². The maximum Gasteiger partial charge on any atom is 0.256 e. The monoisotopic (exact) mass is 655 g/mol. The van der Waals surface area contributed by atoms with Gasteiger partial charge in [-0.05, 0) is 57.0 Å². The summed E-state index contributed by atoms with van der Waals surface area (Å²) >= 11 is 1.80. The lowest BCUT2D eigenvalue weighted by Crippen LogP contribution is -2.67. The molecule has 14 rings (SSSR count). The van der Waals surface area contributed by atoms with Crippen LogP contribution in [0.5, 0.6) is 23.0 Å². The molecule has 5 nitrogen and oxygen atoms in total. The fraction of sp³-hybridized carbons (Fsp3) is 0. The van der Waals surface area contributed by atoms with Crippen LogP contribution in [-0.4, -0.2) is 13.4 Å². The molecule has 0 fully saturated rings. The fourth-order valence-corrected chi connectivity index (χ4v) is 11.0. The molecule has 0 spiro atoms. The first kappa shape index (κ1) is 25.1. The molecule has 0 N–H and O–H groups in total. The van der Waals surface area contributed by atoms with E-state index in [0.717, 1.165) is 82.4 Å². The molecule has 0 bridgehead atoms. The molecule has 2 aromatic heterocycles. The van der Waals surface area contributed by atoms with Crippen LogP contribution in [0.1, 0.15) is 0 Å². The van der Waals surface area contributed by atoms with Crippen molar-refractivity contribution in [3.8, 4) is 23.0 Å². The second-order valence-electron chi connectivity index (χ2n) is 13.9. The summed E-state index contributed by atoms with van der Waals surface area (Å²) < 4.78 is 27.3. The summed E-state index contributed by atoms with van der Waals surface area (Å²) in [5.41, 5.74) is 14.4. The van der Waals surface area contributed by atoms with E-state index in [1.54, 1.807) is 11.8 Å². The lowest BCUT2D eigenvalue weighted by Gasteiger charge is -2.49. The highest BCUT2D eigenvalue weighted by molar-refractivity contribution is 8.00. The van der Waals surface area contributed by atoms with E-state index in [4.69, 9.17) is 18.3 Å². The Hall–Kier alpha value is -5.98. The molecule has 0 amide bonds. The van der Waals surface area contributed by atoms with E-state index in [1.807, 2.05) is 0 Å². The minimum atomic E-state index is -0.0326. The zero-order valence-electron chi connectivity index (χ0n) is 26.1. The standard InChI is InChI=1S/C42H19B2NO4S/c1-5-13-28-20(9-1)22-17-26-36-41(39(22)48-28)50-42-37-27(18-23-21-10-2-6-14-29(21)49-40(23)42)44-25-12-4-8-16-31(25)47-33-19-32-34(38(35(33)44)45(36)37)43(26)24-11-3-7-15-30(24)46-32/h1-19H. The number of para-hydroxylation sites is 4. The summed E-state index contributed by atoms with van der Waals surface area (Å²) in [5, 5.41) is 4.50. The van der Waals surface area contributed by atoms with Gasteiger partial charge in [0.05, 0.1) is 21.2 Å². The van der Waals surface area contributed by atoms with Crippen LogP contribution >= 0.6 is 11.8 Å². The molecule has 9 aromatic rings. The molecular formula is C42H19B2NO4S. The van der Waals surface area contributed by atoms with Crippen molar-refractivity contribution < 1.29 is 18.3 Å². The Bertz CT molecular complexity index is 2920. The summed E-state index contributed by atoms with van der Waals surface area (Å²) in [5.74, 6) is 3.46. The van der Waals surface area contributed by atoms with Gasteiger partial charge in [-0.1, -0.05) is 96.7 Å². The van der Waals surface area contributed by atoms with Crippen molar-refractivity contribution in [2.75, 3.05) is 4.90 Å². The summed E-state index contributed by atoms with van der Waals surface area (Å²) in [6, 6.07) is 40.7. The average Bonchev–Trinajstić information content (AvgIpc) is 3.73. The Morgan fingerprint density at radius 2 is 0.920 bits per heavy atom. The number of anilines is 3. The first-order chi connectivity index (χ1) is 24.8. The van der Waals surface area contributed by atoms with Gasteiger partial charge in [-0.15, -0.1) is 0 Å². The lowest BCUT2D eigenvalue weighted by atomic mass is 9.29. The molecular weight excluding hydrogens is 636 g/mol. The molecule has 50 heavy (non-hydrogen) atoms. The van der Waals surface area contributed by atoms with E-state index in [9.17, 15) is 0 Å². The molecule has 228 valence electrons. The fourth-order valence-electron chi connectivity index (χ4n) is 9.65. The predicted molar refractivity (Wildman–Crippen MR) is 202 cm³/mol. The quantitative estimate of drug-likeness (QED) is 0.160. The molecule has 8 heteroatoms. The van der Waals surface area contributed by atoms with Gasteiger partial charge in [0.15, 0.2) is 11.2 Å². The first-order valence-corrected chi connectivity index (χ1v) is 17.8. The van der Waals surface area contributed by atoms with Crippen LogP contribution in [0.25, 0.3) is 43.9 Å². The van der Waals surface area contributed by atoms with Gasteiger partial charge >= 0.3 is 0 Å². The maximum absolute atomic E-state index is 6.84. The van der Waals surface area contributed by atoms with E-state index in [1.165, 1.54) is 44.2 Å². The SMILES string of the molecule is c1ccc2c(c1)Oc1cc3c4c5c1B2c1cc2c(oc6ccccc62)c2c1N5c1c(cc5c(oc6ccccc65)c1S2)B4c1ccccc1O3. The third-order valence-electron chi connectivity index (χ3n) is 11.5. The zero-order chi connectivity index (χ0) is 32.0. The Balaban J connectivity index is 1.23. The number of nitrogens with zero attached hydrogens (tertiary/aromatic N) is 1. The first-order valence-electron chi connectivity index (χ1n) is 17.0. The van der Waals surface area contributed by atoms with Gasteiger partial charge in [0.1, 0.15) is 34.2 Å². The van der Waals surface area contributed by atoms with Crippen LogP contribution in [0.2, 0.25) is 0 Å². The van der Waals surface area contributed by atoms with Crippen molar-refractivity contribution in [3.05, 3.63) is 115 Å². The third kappa shape index (κ3) is 2.69. The van der Waals surface area contributed by atoms with Crippen molar-refractivity contribution in [1.29, 1.82) is 0 Å². The number of hydrogen-bond acceptors (Lipinski definition) is 6. The normalized spacial score (nSPS) is 14.9. The van der Waals surface area contributed by atoms with Crippen molar-refractivity contribution in [3.63, 3.8) is 0 Å². The van der Waals surface area contributed by atoms with Crippen LogP contribution < -0.4 is 47.2 Å². The number of hydrogen-bond donors (Lipinski definition) is 0. The highest BCUT2D eigenvalue weighted by atomic mass is 32.2. The molecule has 0 saturated heterocycles.